The summed E-state index contributed by atoms with van der Waals surface area (Å²) in [5.41, 5.74) is 1.32. The van der Waals surface area contributed by atoms with Crippen LogP contribution in [0.2, 0.25) is 0 Å². The number of aromatic hydroxyl groups is 1. The summed E-state index contributed by atoms with van der Waals surface area (Å²) >= 11 is 4.06. The summed E-state index contributed by atoms with van der Waals surface area (Å²) in [4.78, 5) is 17.0. The van der Waals surface area contributed by atoms with Gasteiger partial charge in [0, 0.05) is 16.4 Å². The molecule has 0 fully saturated rings. The molecule has 100 valence electrons. The van der Waals surface area contributed by atoms with Gasteiger partial charge in [-0.1, -0.05) is 18.2 Å². The zero-order valence-electron chi connectivity index (χ0n) is 10.2. The number of hydrogen-bond donors (Lipinski definition) is 1. The van der Waals surface area contributed by atoms with Crippen LogP contribution in [-0.4, -0.2) is 17.4 Å². The number of ketones is 1. The summed E-state index contributed by atoms with van der Waals surface area (Å²) in [6.45, 7) is 0.423. The molecule has 1 N–H and O–H groups in total. The number of nitrogens with zero attached hydrogens (tertiary/aromatic N) is 1. The van der Waals surface area contributed by atoms with Crippen LogP contribution in [0.25, 0.3) is 5.57 Å². The number of para-hydroxylation sites is 1. The van der Waals surface area contributed by atoms with E-state index in [0.717, 1.165) is 16.1 Å². The molecule has 3 rings (SSSR count). The molecule has 1 heterocycles. The van der Waals surface area contributed by atoms with Gasteiger partial charge in [0.15, 0.2) is 5.78 Å². The fraction of sp³-hybridized carbons (Fsp3) is 0.0667. The smallest absolute Gasteiger partial charge is 0.191 e. The van der Waals surface area contributed by atoms with Crippen LogP contribution in [-0.2, 0) is 0 Å². The third-order valence-electron chi connectivity index (χ3n) is 3.19. The molecule has 0 aromatic heterocycles. The lowest BCUT2D eigenvalue weighted by Gasteiger charge is -2.06. The first kappa shape index (κ1) is 14.0. The van der Waals surface area contributed by atoms with Crippen molar-refractivity contribution < 1.29 is 9.90 Å². The predicted molar refractivity (Wildman–Crippen MR) is 93.4 cm³/mol. The Morgan fingerprint density at radius 1 is 1.15 bits per heavy atom. The quantitative estimate of drug-likeness (QED) is 0.521. The molecule has 2 aromatic carbocycles. The average Bonchev–Trinajstić information content (AvgIpc) is 2.87. The molecular formula is C15H9I2NO2. The molecule has 0 aliphatic carbocycles. The highest BCUT2D eigenvalue weighted by molar-refractivity contribution is 14.1. The molecule has 0 spiro atoms. The van der Waals surface area contributed by atoms with Gasteiger partial charge in [0.25, 0.3) is 0 Å². The van der Waals surface area contributed by atoms with Crippen LogP contribution in [0.15, 0.2) is 41.4 Å². The summed E-state index contributed by atoms with van der Waals surface area (Å²) in [5.74, 6) is 0.207. The van der Waals surface area contributed by atoms with Crippen molar-refractivity contribution in [1.29, 1.82) is 0 Å². The maximum Gasteiger partial charge on any atom is 0.191 e. The third-order valence-corrected chi connectivity index (χ3v) is 4.83. The number of phenols is 1. The molecule has 0 saturated carbocycles. The van der Waals surface area contributed by atoms with Crippen molar-refractivity contribution in [3.05, 3.63) is 59.7 Å². The normalized spacial score (nSPS) is 13.0. The van der Waals surface area contributed by atoms with E-state index in [0.29, 0.717) is 19.2 Å². The second kappa shape index (κ2) is 5.44. The monoisotopic (exact) mass is 489 g/mol. The lowest BCUT2D eigenvalue weighted by Crippen LogP contribution is -2.24. The summed E-state index contributed by atoms with van der Waals surface area (Å²) < 4.78 is 1.36. The molecule has 0 atom stereocenters. The van der Waals surface area contributed by atoms with Crippen molar-refractivity contribution >= 4 is 56.5 Å². The number of hydrogen-bond acceptors (Lipinski definition) is 3. The van der Waals surface area contributed by atoms with Crippen molar-refractivity contribution in [2.24, 2.45) is 4.99 Å². The largest absolute Gasteiger partial charge is 0.506 e. The van der Waals surface area contributed by atoms with Gasteiger partial charge >= 0.3 is 0 Å². The maximum atomic E-state index is 12.6. The highest BCUT2D eigenvalue weighted by Crippen LogP contribution is 2.28. The van der Waals surface area contributed by atoms with Crippen LogP contribution < -0.4 is 10.6 Å². The molecule has 0 saturated heterocycles. The van der Waals surface area contributed by atoms with Gasteiger partial charge < -0.3 is 5.11 Å². The molecule has 1 aliphatic heterocycles. The van der Waals surface area contributed by atoms with E-state index in [-0.39, 0.29) is 11.5 Å². The Hall–Kier alpha value is -0.960. The number of Topliss-reactive ketones (excluding diaryl/α,β-unsaturated/α-hetero) is 1. The Balaban J connectivity index is 2.15. The van der Waals surface area contributed by atoms with Crippen LogP contribution in [0.1, 0.15) is 10.4 Å². The van der Waals surface area contributed by atoms with Gasteiger partial charge in [0.1, 0.15) is 5.75 Å². The molecule has 20 heavy (non-hydrogen) atoms. The Labute approximate surface area is 142 Å². The molecule has 0 amide bonds. The van der Waals surface area contributed by atoms with Crippen LogP contribution in [0.5, 0.6) is 5.75 Å². The van der Waals surface area contributed by atoms with Crippen molar-refractivity contribution in [1.82, 2.24) is 0 Å². The van der Waals surface area contributed by atoms with E-state index >= 15 is 0 Å². The Morgan fingerprint density at radius 2 is 1.80 bits per heavy atom. The van der Waals surface area contributed by atoms with Gasteiger partial charge in [0.2, 0.25) is 0 Å². The minimum atomic E-state index is -0.0190. The minimum Gasteiger partial charge on any atom is -0.506 e. The van der Waals surface area contributed by atoms with E-state index < -0.39 is 0 Å². The number of carbonyl (C=O) groups is 1. The Morgan fingerprint density at radius 3 is 2.50 bits per heavy atom. The Bertz CT molecular complexity index is 820. The molecular weight excluding hydrogens is 480 g/mol. The van der Waals surface area contributed by atoms with Gasteiger partial charge in [-0.25, -0.2) is 0 Å². The first-order chi connectivity index (χ1) is 9.58. The van der Waals surface area contributed by atoms with E-state index in [1.54, 1.807) is 12.1 Å². The fourth-order valence-electron chi connectivity index (χ4n) is 2.18. The Kier molecular flexibility index (Phi) is 3.80. The van der Waals surface area contributed by atoms with Gasteiger partial charge in [0.05, 0.1) is 19.0 Å². The molecule has 5 heteroatoms. The first-order valence-electron chi connectivity index (χ1n) is 5.93. The highest BCUT2D eigenvalue weighted by Gasteiger charge is 2.18. The molecule has 0 radical (unpaired) electrons. The number of rotatable bonds is 2. The summed E-state index contributed by atoms with van der Waals surface area (Å²) in [5, 5.41) is 11.6. The summed E-state index contributed by atoms with van der Waals surface area (Å²) in [6, 6.07) is 11.1. The molecule has 1 aliphatic rings. The minimum absolute atomic E-state index is 0.0190. The second-order valence-electron chi connectivity index (χ2n) is 4.43. The molecule has 3 nitrogen and oxygen atoms in total. The SMILES string of the molecule is O=C(C1=c2ccccc2=NC1)c1cc(I)c(O)c(I)c1. The van der Waals surface area contributed by atoms with Gasteiger partial charge in [-0.2, -0.15) is 0 Å². The summed E-state index contributed by atoms with van der Waals surface area (Å²) in [6.07, 6.45) is 0. The lowest BCUT2D eigenvalue weighted by atomic mass is 10.0. The topological polar surface area (TPSA) is 49.7 Å². The number of carbonyl (C=O) groups excluding carboxylic acids is 1. The zero-order chi connectivity index (χ0) is 14.3. The number of phenolic OH excluding ortho intramolecular Hbond substituents is 1. The number of fused-ring (bicyclic) bond motifs is 1. The van der Waals surface area contributed by atoms with Gasteiger partial charge in [-0.3, -0.25) is 9.79 Å². The van der Waals surface area contributed by atoms with E-state index in [4.69, 9.17) is 0 Å². The maximum absolute atomic E-state index is 12.6. The van der Waals surface area contributed by atoms with E-state index in [2.05, 4.69) is 4.99 Å². The standard InChI is InChI=1S/C15H9I2NO2/c16-11-5-8(6-12(17)15(11)20)14(19)10-7-18-13-4-2-1-3-9(10)13/h1-6,20H,7H2. The van der Waals surface area contributed by atoms with E-state index in [1.807, 2.05) is 69.4 Å². The first-order valence-corrected chi connectivity index (χ1v) is 8.09. The zero-order valence-corrected chi connectivity index (χ0v) is 14.5. The van der Waals surface area contributed by atoms with Crippen LogP contribution in [0.4, 0.5) is 0 Å². The van der Waals surface area contributed by atoms with Crippen molar-refractivity contribution in [2.75, 3.05) is 6.54 Å². The van der Waals surface area contributed by atoms with Crippen molar-refractivity contribution in [3.8, 4) is 5.75 Å². The fourth-order valence-corrected chi connectivity index (χ4v) is 3.95. The molecule has 2 aromatic rings. The van der Waals surface area contributed by atoms with Crippen molar-refractivity contribution in [3.63, 3.8) is 0 Å². The third kappa shape index (κ3) is 2.37. The van der Waals surface area contributed by atoms with Gasteiger partial charge in [-0.15, -0.1) is 0 Å². The van der Waals surface area contributed by atoms with Crippen LogP contribution >= 0.6 is 45.2 Å². The van der Waals surface area contributed by atoms with E-state index in [9.17, 15) is 9.90 Å². The van der Waals surface area contributed by atoms with Crippen LogP contribution in [0.3, 0.4) is 0 Å². The van der Waals surface area contributed by atoms with Gasteiger partial charge in [-0.05, 0) is 63.4 Å². The highest BCUT2D eigenvalue weighted by atomic mass is 127. The van der Waals surface area contributed by atoms with Crippen LogP contribution in [0, 0.1) is 7.14 Å². The number of halogens is 2. The van der Waals surface area contributed by atoms with E-state index in [1.165, 1.54) is 0 Å². The summed E-state index contributed by atoms with van der Waals surface area (Å²) in [7, 11) is 0. The number of benzene rings is 2. The predicted octanol–water partition coefficient (Wildman–Crippen LogP) is 2.27. The molecule has 0 bridgehead atoms. The average molecular weight is 489 g/mol. The van der Waals surface area contributed by atoms with Crippen molar-refractivity contribution in [2.45, 2.75) is 0 Å². The lowest BCUT2D eigenvalue weighted by molar-refractivity contribution is 0.105. The second-order valence-corrected chi connectivity index (χ2v) is 6.75. The molecule has 0 unspecified atom stereocenters.